The Balaban J connectivity index is 2.50. The second-order valence-corrected chi connectivity index (χ2v) is 3.92. The Morgan fingerprint density at radius 1 is 1.40 bits per heavy atom. The van der Waals surface area contributed by atoms with E-state index < -0.39 is 6.10 Å². The molecule has 2 atom stereocenters. The first-order chi connectivity index (χ1) is 7.13. The van der Waals surface area contributed by atoms with Gasteiger partial charge in [0.25, 0.3) is 0 Å². The number of aryl methyl sites for hydroxylation is 1. The average molecular weight is 209 g/mol. The van der Waals surface area contributed by atoms with Crippen molar-refractivity contribution < 1.29 is 10.2 Å². The fraction of sp³-hybridized carbons (Fsp3) is 0.500. The van der Waals surface area contributed by atoms with Crippen LogP contribution in [0.15, 0.2) is 24.3 Å². The summed E-state index contributed by atoms with van der Waals surface area (Å²) in [6.45, 7) is 4.43. The van der Waals surface area contributed by atoms with Gasteiger partial charge in [-0.15, -0.1) is 0 Å². The molecule has 2 unspecified atom stereocenters. The van der Waals surface area contributed by atoms with Gasteiger partial charge in [0.15, 0.2) is 0 Å². The molecule has 84 valence electrons. The molecule has 0 amide bonds. The molecular formula is C12H19NO2. The summed E-state index contributed by atoms with van der Waals surface area (Å²) in [4.78, 5) is 0. The summed E-state index contributed by atoms with van der Waals surface area (Å²) < 4.78 is 0. The third-order valence-corrected chi connectivity index (χ3v) is 2.36. The second-order valence-electron chi connectivity index (χ2n) is 3.92. The zero-order valence-electron chi connectivity index (χ0n) is 9.27. The normalized spacial score (nSPS) is 14.9. The van der Waals surface area contributed by atoms with Crippen molar-refractivity contribution in [3.8, 4) is 0 Å². The molecule has 15 heavy (non-hydrogen) atoms. The maximum Gasteiger partial charge on any atom is 0.0914 e. The molecule has 3 heteroatoms. The van der Waals surface area contributed by atoms with E-state index in [2.05, 4.69) is 5.32 Å². The van der Waals surface area contributed by atoms with Crippen LogP contribution in [0.2, 0.25) is 0 Å². The molecule has 0 fully saturated rings. The van der Waals surface area contributed by atoms with Crippen molar-refractivity contribution in [1.29, 1.82) is 0 Å². The fourth-order valence-corrected chi connectivity index (χ4v) is 1.37. The molecule has 0 aliphatic heterocycles. The summed E-state index contributed by atoms with van der Waals surface area (Å²) in [6, 6.07) is 7.83. The Kier molecular flexibility index (Phi) is 4.75. The Morgan fingerprint density at radius 2 is 2.13 bits per heavy atom. The number of aliphatic hydroxyl groups excluding tert-OH is 2. The molecular weight excluding hydrogens is 190 g/mol. The molecule has 0 saturated heterocycles. The van der Waals surface area contributed by atoms with Gasteiger partial charge in [0.05, 0.1) is 12.7 Å². The number of benzene rings is 1. The minimum absolute atomic E-state index is 0.0180. The van der Waals surface area contributed by atoms with Gasteiger partial charge in [-0.25, -0.2) is 0 Å². The van der Waals surface area contributed by atoms with Crippen molar-refractivity contribution in [1.82, 2.24) is 5.32 Å². The molecule has 0 aliphatic carbocycles. The van der Waals surface area contributed by atoms with E-state index in [0.717, 1.165) is 11.1 Å². The molecule has 1 aromatic rings. The van der Waals surface area contributed by atoms with Gasteiger partial charge in [0.2, 0.25) is 0 Å². The second kappa shape index (κ2) is 5.85. The molecule has 3 N–H and O–H groups in total. The Morgan fingerprint density at radius 3 is 2.73 bits per heavy atom. The van der Waals surface area contributed by atoms with Crippen LogP contribution in [-0.2, 0) is 0 Å². The zero-order chi connectivity index (χ0) is 11.3. The molecule has 0 spiro atoms. The lowest BCUT2D eigenvalue weighted by atomic mass is 10.1. The van der Waals surface area contributed by atoms with Crippen LogP contribution in [0.25, 0.3) is 0 Å². The predicted octanol–water partition coefficient (Wildman–Crippen LogP) is 0.999. The van der Waals surface area contributed by atoms with Gasteiger partial charge >= 0.3 is 0 Å². The predicted molar refractivity (Wildman–Crippen MR) is 60.7 cm³/mol. The molecule has 1 aromatic carbocycles. The third-order valence-electron chi connectivity index (χ3n) is 2.36. The van der Waals surface area contributed by atoms with Crippen LogP contribution in [0.4, 0.5) is 0 Å². The van der Waals surface area contributed by atoms with Crippen molar-refractivity contribution in [2.24, 2.45) is 0 Å². The van der Waals surface area contributed by atoms with E-state index in [9.17, 15) is 5.11 Å². The van der Waals surface area contributed by atoms with E-state index in [0.29, 0.717) is 6.54 Å². The zero-order valence-corrected chi connectivity index (χ0v) is 9.27. The number of nitrogens with one attached hydrogen (secondary N) is 1. The molecule has 1 rings (SSSR count). The Labute approximate surface area is 90.8 Å². The van der Waals surface area contributed by atoms with E-state index in [-0.39, 0.29) is 12.6 Å². The van der Waals surface area contributed by atoms with Crippen molar-refractivity contribution >= 4 is 0 Å². The van der Waals surface area contributed by atoms with Crippen molar-refractivity contribution in [3.05, 3.63) is 35.4 Å². The quantitative estimate of drug-likeness (QED) is 0.678. The van der Waals surface area contributed by atoms with E-state index in [1.807, 2.05) is 38.1 Å². The van der Waals surface area contributed by atoms with Crippen molar-refractivity contribution in [2.45, 2.75) is 26.0 Å². The third kappa shape index (κ3) is 4.00. The van der Waals surface area contributed by atoms with E-state index in [1.165, 1.54) is 0 Å². The first-order valence-electron chi connectivity index (χ1n) is 5.22. The minimum atomic E-state index is -0.515. The van der Waals surface area contributed by atoms with Gasteiger partial charge in [-0.05, 0) is 19.4 Å². The number of hydrogen-bond donors (Lipinski definition) is 3. The van der Waals surface area contributed by atoms with Crippen LogP contribution in [0.3, 0.4) is 0 Å². The summed E-state index contributed by atoms with van der Waals surface area (Å²) in [5.74, 6) is 0. The lowest BCUT2D eigenvalue weighted by Crippen LogP contribution is -2.32. The highest BCUT2D eigenvalue weighted by molar-refractivity contribution is 5.24. The summed E-state index contributed by atoms with van der Waals surface area (Å²) in [5, 5.41) is 21.7. The lowest BCUT2D eigenvalue weighted by Gasteiger charge is -2.15. The summed E-state index contributed by atoms with van der Waals surface area (Å²) in [6.07, 6.45) is -0.515. The molecule has 0 aliphatic rings. The van der Waals surface area contributed by atoms with Gasteiger partial charge in [-0.2, -0.15) is 0 Å². The molecule has 3 nitrogen and oxygen atoms in total. The van der Waals surface area contributed by atoms with Crippen LogP contribution >= 0.6 is 0 Å². The Bertz CT molecular complexity index is 301. The highest BCUT2D eigenvalue weighted by Crippen LogP contribution is 2.13. The summed E-state index contributed by atoms with van der Waals surface area (Å²) in [5.41, 5.74) is 2.05. The highest BCUT2D eigenvalue weighted by Gasteiger charge is 2.08. The fourth-order valence-electron chi connectivity index (χ4n) is 1.37. The smallest absolute Gasteiger partial charge is 0.0914 e. The van der Waals surface area contributed by atoms with Crippen LogP contribution in [-0.4, -0.2) is 29.4 Å². The lowest BCUT2D eigenvalue weighted by molar-refractivity contribution is 0.161. The Hall–Kier alpha value is -0.900. The molecule has 0 aromatic heterocycles. The topological polar surface area (TPSA) is 52.5 Å². The monoisotopic (exact) mass is 209 g/mol. The number of rotatable bonds is 5. The van der Waals surface area contributed by atoms with Crippen molar-refractivity contribution in [3.63, 3.8) is 0 Å². The first kappa shape index (κ1) is 12.2. The number of aliphatic hydroxyl groups is 2. The van der Waals surface area contributed by atoms with Gasteiger partial charge < -0.3 is 15.5 Å². The van der Waals surface area contributed by atoms with Crippen LogP contribution in [0, 0.1) is 6.92 Å². The van der Waals surface area contributed by atoms with Crippen molar-refractivity contribution in [2.75, 3.05) is 13.2 Å². The van der Waals surface area contributed by atoms with Gasteiger partial charge in [0.1, 0.15) is 0 Å². The molecule has 0 saturated carbocycles. The standard InChI is InChI=1S/C12H19NO2/c1-9-4-3-5-11(6-9)12(15)7-13-10(2)8-14/h3-6,10,12-15H,7-8H2,1-2H3. The van der Waals surface area contributed by atoms with E-state index in [1.54, 1.807) is 0 Å². The highest BCUT2D eigenvalue weighted by atomic mass is 16.3. The van der Waals surface area contributed by atoms with E-state index >= 15 is 0 Å². The SMILES string of the molecule is Cc1cccc(C(O)CNC(C)CO)c1. The van der Waals surface area contributed by atoms with Gasteiger partial charge in [-0.1, -0.05) is 29.8 Å². The van der Waals surface area contributed by atoms with Crippen LogP contribution in [0.1, 0.15) is 24.2 Å². The summed E-state index contributed by atoms with van der Waals surface area (Å²) >= 11 is 0. The maximum atomic E-state index is 9.85. The summed E-state index contributed by atoms with van der Waals surface area (Å²) in [7, 11) is 0. The largest absolute Gasteiger partial charge is 0.395 e. The maximum absolute atomic E-state index is 9.85. The first-order valence-corrected chi connectivity index (χ1v) is 5.22. The van der Waals surface area contributed by atoms with E-state index in [4.69, 9.17) is 5.11 Å². The molecule has 0 heterocycles. The van der Waals surface area contributed by atoms with Crippen LogP contribution < -0.4 is 5.32 Å². The van der Waals surface area contributed by atoms with Gasteiger partial charge in [0, 0.05) is 12.6 Å². The number of hydrogen-bond acceptors (Lipinski definition) is 3. The minimum Gasteiger partial charge on any atom is -0.395 e. The average Bonchev–Trinajstić information content (AvgIpc) is 2.25. The van der Waals surface area contributed by atoms with Crippen LogP contribution in [0.5, 0.6) is 0 Å². The van der Waals surface area contributed by atoms with Gasteiger partial charge in [-0.3, -0.25) is 0 Å². The molecule has 0 bridgehead atoms. The molecule has 0 radical (unpaired) electrons.